The third-order valence-corrected chi connectivity index (χ3v) is 6.50. The van der Waals surface area contributed by atoms with Crippen molar-refractivity contribution < 1.29 is 14.4 Å². The van der Waals surface area contributed by atoms with E-state index in [2.05, 4.69) is 5.32 Å². The molecule has 1 aliphatic carbocycles. The molecule has 1 aliphatic heterocycles. The summed E-state index contributed by atoms with van der Waals surface area (Å²) in [7, 11) is 0. The number of nitrogens with one attached hydrogen (secondary N) is 1. The number of carbonyl (C=O) groups is 3. The van der Waals surface area contributed by atoms with E-state index in [-0.39, 0.29) is 23.6 Å². The van der Waals surface area contributed by atoms with Crippen molar-refractivity contribution in [3.8, 4) is 0 Å². The minimum absolute atomic E-state index is 0.0456. The zero-order valence-corrected chi connectivity index (χ0v) is 18.2. The van der Waals surface area contributed by atoms with Crippen LogP contribution in [0.3, 0.4) is 0 Å². The Bertz CT molecular complexity index is 743. The average Bonchev–Trinajstić information content (AvgIpc) is 2.69. The molecule has 1 aromatic rings. The molecule has 158 valence electrons. The highest BCUT2D eigenvalue weighted by Crippen LogP contribution is 2.28. The van der Waals surface area contributed by atoms with Gasteiger partial charge in [-0.15, -0.1) is 0 Å². The van der Waals surface area contributed by atoms with E-state index in [4.69, 9.17) is 0 Å². The summed E-state index contributed by atoms with van der Waals surface area (Å²) in [6.45, 7) is 4.18. The lowest BCUT2D eigenvalue weighted by Gasteiger charge is -2.39. The van der Waals surface area contributed by atoms with E-state index in [9.17, 15) is 14.4 Å². The first-order valence-corrected chi connectivity index (χ1v) is 11.8. The summed E-state index contributed by atoms with van der Waals surface area (Å²) < 4.78 is 0. The number of hydrogen-bond donors (Lipinski definition) is 1. The van der Waals surface area contributed by atoms with Crippen LogP contribution in [-0.4, -0.2) is 71.8 Å². The van der Waals surface area contributed by atoms with Crippen molar-refractivity contribution in [3.63, 3.8) is 0 Å². The summed E-state index contributed by atoms with van der Waals surface area (Å²) in [5, 5.41) is 2.94. The Labute approximate surface area is 177 Å². The first-order valence-electron chi connectivity index (χ1n) is 10.4. The molecule has 0 bridgehead atoms. The number of amides is 3. The van der Waals surface area contributed by atoms with Gasteiger partial charge >= 0.3 is 0 Å². The first-order chi connectivity index (χ1) is 14.0. The van der Waals surface area contributed by atoms with Crippen LogP contribution in [0, 0.1) is 12.8 Å². The van der Waals surface area contributed by atoms with Crippen LogP contribution in [0.15, 0.2) is 24.3 Å². The molecule has 7 heteroatoms. The summed E-state index contributed by atoms with van der Waals surface area (Å²) in [6, 6.07) is 6.85. The molecule has 0 spiro atoms. The molecule has 2 aliphatic rings. The van der Waals surface area contributed by atoms with Crippen molar-refractivity contribution in [1.29, 1.82) is 0 Å². The highest BCUT2D eigenvalue weighted by molar-refractivity contribution is 7.98. The first kappa shape index (κ1) is 21.7. The quantitative estimate of drug-likeness (QED) is 0.739. The lowest BCUT2D eigenvalue weighted by molar-refractivity contribution is -0.144. The van der Waals surface area contributed by atoms with Gasteiger partial charge in [-0.05, 0) is 50.3 Å². The highest BCUT2D eigenvalue weighted by atomic mass is 32.2. The van der Waals surface area contributed by atoms with Crippen LogP contribution in [-0.2, 0) is 9.59 Å². The number of benzene rings is 1. The normalized spacial score (nSPS) is 18.1. The molecule has 1 heterocycles. The molecule has 1 N–H and O–H groups in total. The Balaban J connectivity index is 1.58. The SMILES string of the molecule is CSCCC(NC(=O)c1cccc(C)c1)C(=O)N1CCN(C(=O)C2CCC2)CC1. The van der Waals surface area contributed by atoms with Gasteiger partial charge < -0.3 is 15.1 Å². The molecular formula is C22H31N3O3S. The van der Waals surface area contributed by atoms with Gasteiger partial charge in [-0.2, -0.15) is 11.8 Å². The fraction of sp³-hybridized carbons (Fsp3) is 0.591. The van der Waals surface area contributed by atoms with Gasteiger partial charge in [0.05, 0.1) is 0 Å². The molecule has 1 unspecified atom stereocenters. The van der Waals surface area contributed by atoms with Gasteiger partial charge in [0.25, 0.3) is 5.91 Å². The number of piperazine rings is 1. The molecular weight excluding hydrogens is 386 g/mol. The summed E-state index contributed by atoms with van der Waals surface area (Å²) in [5.74, 6) is 0.975. The van der Waals surface area contributed by atoms with Gasteiger partial charge in [0.2, 0.25) is 11.8 Å². The van der Waals surface area contributed by atoms with E-state index in [1.54, 1.807) is 22.7 Å². The van der Waals surface area contributed by atoms with Crippen LogP contribution >= 0.6 is 11.8 Å². The average molecular weight is 418 g/mol. The Morgan fingerprint density at radius 3 is 2.41 bits per heavy atom. The molecule has 1 atom stereocenters. The van der Waals surface area contributed by atoms with Crippen LogP contribution in [0.4, 0.5) is 0 Å². The largest absolute Gasteiger partial charge is 0.340 e. The van der Waals surface area contributed by atoms with E-state index in [1.807, 2.05) is 36.3 Å². The summed E-state index contributed by atoms with van der Waals surface area (Å²) in [5.41, 5.74) is 1.58. The van der Waals surface area contributed by atoms with E-state index < -0.39 is 6.04 Å². The molecule has 3 amide bonds. The monoisotopic (exact) mass is 417 g/mol. The Morgan fingerprint density at radius 2 is 1.83 bits per heavy atom. The maximum Gasteiger partial charge on any atom is 0.251 e. The van der Waals surface area contributed by atoms with Gasteiger partial charge in [0.15, 0.2) is 0 Å². The van der Waals surface area contributed by atoms with Gasteiger partial charge in [0, 0.05) is 37.7 Å². The summed E-state index contributed by atoms with van der Waals surface area (Å²) in [4.78, 5) is 41.9. The number of hydrogen-bond acceptors (Lipinski definition) is 4. The van der Waals surface area contributed by atoms with Crippen LogP contribution in [0.5, 0.6) is 0 Å². The number of nitrogens with zero attached hydrogens (tertiary/aromatic N) is 2. The number of rotatable bonds is 7. The molecule has 6 nitrogen and oxygen atoms in total. The van der Waals surface area contributed by atoms with Crippen molar-refractivity contribution >= 4 is 29.5 Å². The molecule has 0 radical (unpaired) electrons. The van der Waals surface area contributed by atoms with Crippen LogP contribution in [0.2, 0.25) is 0 Å². The Hall–Kier alpha value is -2.02. The third kappa shape index (κ3) is 5.53. The molecule has 1 saturated heterocycles. The summed E-state index contributed by atoms with van der Waals surface area (Å²) >= 11 is 1.66. The Morgan fingerprint density at radius 1 is 1.14 bits per heavy atom. The molecule has 0 aromatic heterocycles. The lowest BCUT2D eigenvalue weighted by Crippen LogP contribution is -2.56. The van der Waals surface area contributed by atoms with Crippen LogP contribution < -0.4 is 5.32 Å². The fourth-order valence-electron chi connectivity index (χ4n) is 3.80. The lowest BCUT2D eigenvalue weighted by atomic mass is 9.84. The van der Waals surface area contributed by atoms with Crippen molar-refractivity contribution in [1.82, 2.24) is 15.1 Å². The molecule has 1 aromatic carbocycles. The maximum absolute atomic E-state index is 13.1. The van der Waals surface area contributed by atoms with Crippen molar-refractivity contribution in [2.75, 3.05) is 38.2 Å². The zero-order chi connectivity index (χ0) is 20.8. The van der Waals surface area contributed by atoms with Crippen molar-refractivity contribution in [2.24, 2.45) is 5.92 Å². The number of carbonyl (C=O) groups excluding carboxylic acids is 3. The van der Waals surface area contributed by atoms with Gasteiger partial charge in [0.1, 0.15) is 6.04 Å². The summed E-state index contributed by atoms with van der Waals surface area (Å²) in [6.07, 6.45) is 5.74. The van der Waals surface area contributed by atoms with Gasteiger partial charge in [-0.3, -0.25) is 14.4 Å². The highest BCUT2D eigenvalue weighted by Gasteiger charge is 2.33. The van der Waals surface area contributed by atoms with E-state index in [1.165, 1.54) is 0 Å². The van der Waals surface area contributed by atoms with E-state index >= 15 is 0 Å². The zero-order valence-electron chi connectivity index (χ0n) is 17.4. The smallest absolute Gasteiger partial charge is 0.251 e. The Kier molecular flexibility index (Phi) is 7.58. The number of aryl methyl sites for hydroxylation is 1. The molecule has 1 saturated carbocycles. The van der Waals surface area contributed by atoms with Gasteiger partial charge in [-0.1, -0.05) is 24.1 Å². The van der Waals surface area contributed by atoms with Gasteiger partial charge in [-0.25, -0.2) is 0 Å². The fourth-order valence-corrected chi connectivity index (χ4v) is 4.27. The van der Waals surface area contributed by atoms with Crippen molar-refractivity contribution in [3.05, 3.63) is 35.4 Å². The predicted molar refractivity (Wildman–Crippen MR) is 116 cm³/mol. The minimum Gasteiger partial charge on any atom is -0.340 e. The molecule has 29 heavy (non-hydrogen) atoms. The van der Waals surface area contributed by atoms with E-state index in [0.717, 1.165) is 30.6 Å². The second-order valence-electron chi connectivity index (χ2n) is 7.96. The van der Waals surface area contributed by atoms with Crippen LogP contribution in [0.1, 0.15) is 41.6 Å². The minimum atomic E-state index is -0.538. The maximum atomic E-state index is 13.1. The van der Waals surface area contributed by atoms with E-state index in [0.29, 0.717) is 38.2 Å². The number of thioether (sulfide) groups is 1. The molecule has 3 rings (SSSR count). The second-order valence-corrected chi connectivity index (χ2v) is 8.94. The topological polar surface area (TPSA) is 69.7 Å². The standard InChI is InChI=1S/C22H31N3O3S/c1-16-5-3-8-18(15-16)20(26)23-19(9-14-29-2)22(28)25-12-10-24(11-13-25)21(27)17-6-4-7-17/h3,5,8,15,17,19H,4,6-7,9-14H2,1-2H3,(H,23,26). The molecule has 2 fully saturated rings. The van der Waals surface area contributed by atoms with Crippen LogP contribution in [0.25, 0.3) is 0 Å². The second kappa shape index (κ2) is 10.1. The predicted octanol–water partition coefficient (Wildman–Crippen LogP) is 2.32. The van der Waals surface area contributed by atoms with Crippen molar-refractivity contribution in [2.45, 2.75) is 38.6 Å². The third-order valence-electron chi connectivity index (χ3n) is 5.85.